The van der Waals surface area contributed by atoms with Crippen molar-refractivity contribution in [3.05, 3.63) is 143 Å². The maximum atomic E-state index is 9.56. The number of rotatable bonds is 2. The molecule has 38 heavy (non-hydrogen) atoms. The van der Waals surface area contributed by atoms with Crippen LogP contribution in [0.25, 0.3) is 22.5 Å². The Labute approximate surface area is 221 Å². The number of hydrogen-bond donors (Lipinski definition) is 0. The van der Waals surface area contributed by atoms with Crippen molar-refractivity contribution < 1.29 is 0 Å². The first-order valence-corrected chi connectivity index (χ1v) is 11.8. The Hall–Kier alpha value is -5.94. The summed E-state index contributed by atoms with van der Waals surface area (Å²) >= 11 is 0. The SMILES string of the molecule is N#Cc1nc(-c2ccc(C#Cc3ccccc3)cc2)c(-c2ccc(C#Cc3ccccc3)cc2)nc1C#N. The lowest BCUT2D eigenvalue weighted by molar-refractivity contribution is 1.14. The van der Waals surface area contributed by atoms with E-state index in [0.717, 1.165) is 33.4 Å². The predicted octanol–water partition coefficient (Wildman–Crippen LogP) is 6.35. The fourth-order valence-corrected chi connectivity index (χ4v) is 3.75. The molecule has 4 nitrogen and oxygen atoms in total. The molecule has 0 saturated carbocycles. The summed E-state index contributed by atoms with van der Waals surface area (Å²) in [6.45, 7) is 0. The van der Waals surface area contributed by atoms with Gasteiger partial charge in [0.15, 0.2) is 11.4 Å². The second-order valence-corrected chi connectivity index (χ2v) is 8.23. The fraction of sp³-hybridized carbons (Fsp3) is 0. The maximum absolute atomic E-state index is 9.56. The molecule has 5 aromatic rings. The number of hydrogen-bond acceptors (Lipinski definition) is 4. The molecule has 0 aliphatic rings. The summed E-state index contributed by atoms with van der Waals surface area (Å²) in [5, 5.41) is 19.1. The highest BCUT2D eigenvalue weighted by molar-refractivity contribution is 5.79. The van der Waals surface area contributed by atoms with E-state index >= 15 is 0 Å². The summed E-state index contributed by atoms with van der Waals surface area (Å²) < 4.78 is 0. The van der Waals surface area contributed by atoms with Gasteiger partial charge in [-0.25, -0.2) is 9.97 Å². The van der Waals surface area contributed by atoms with Crippen LogP contribution < -0.4 is 0 Å². The van der Waals surface area contributed by atoms with Crippen LogP contribution in [0.3, 0.4) is 0 Å². The third kappa shape index (κ3) is 5.48. The van der Waals surface area contributed by atoms with Crippen molar-refractivity contribution in [3.8, 4) is 58.3 Å². The van der Waals surface area contributed by atoms with Crippen molar-refractivity contribution >= 4 is 0 Å². The largest absolute Gasteiger partial charge is 0.232 e. The van der Waals surface area contributed by atoms with Gasteiger partial charge in [0.25, 0.3) is 0 Å². The molecule has 0 fully saturated rings. The minimum Gasteiger partial charge on any atom is -0.232 e. The summed E-state index contributed by atoms with van der Waals surface area (Å²) in [6.07, 6.45) is 0. The third-order valence-electron chi connectivity index (χ3n) is 5.67. The molecule has 0 aliphatic carbocycles. The lowest BCUT2D eigenvalue weighted by Crippen LogP contribution is -2.01. The van der Waals surface area contributed by atoms with Gasteiger partial charge in [-0.15, -0.1) is 0 Å². The summed E-state index contributed by atoms with van der Waals surface area (Å²) in [4.78, 5) is 9.04. The van der Waals surface area contributed by atoms with E-state index < -0.39 is 0 Å². The summed E-state index contributed by atoms with van der Waals surface area (Å²) in [6, 6.07) is 38.8. The van der Waals surface area contributed by atoms with Crippen LogP contribution in [0.2, 0.25) is 0 Å². The fourth-order valence-electron chi connectivity index (χ4n) is 3.75. The molecule has 4 heteroatoms. The van der Waals surface area contributed by atoms with Crippen molar-refractivity contribution in [1.82, 2.24) is 9.97 Å². The second kappa shape index (κ2) is 11.2. The van der Waals surface area contributed by atoms with Crippen LogP contribution in [0, 0.1) is 46.3 Å². The molecular formula is C34H18N4. The van der Waals surface area contributed by atoms with Gasteiger partial charge in [0, 0.05) is 33.4 Å². The lowest BCUT2D eigenvalue weighted by atomic mass is 10.0. The van der Waals surface area contributed by atoms with Crippen molar-refractivity contribution in [1.29, 1.82) is 10.5 Å². The lowest BCUT2D eigenvalue weighted by Gasteiger charge is -2.10. The van der Waals surface area contributed by atoms with Gasteiger partial charge in [-0.2, -0.15) is 10.5 Å². The minimum absolute atomic E-state index is 0.00968. The van der Waals surface area contributed by atoms with Gasteiger partial charge in [-0.3, -0.25) is 0 Å². The van der Waals surface area contributed by atoms with E-state index in [0.29, 0.717) is 11.4 Å². The predicted molar refractivity (Wildman–Crippen MR) is 147 cm³/mol. The average Bonchev–Trinajstić information content (AvgIpc) is 3.00. The van der Waals surface area contributed by atoms with Gasteiger partial charge in [0.1, 0.15) is 12.1 Å². The summed E-state index contributed by atoms with van der Waals surface area (Å²) in [5.41, 5.74) is 6.13. The molecule has 0 spiro atoms. The van der Waals surface area contributed by atoms with Crippen LogP contribution in [0.4, 0.5) is 0 Å². The van der Waals surface area contributed by atoms with Gasteiger partial charge in [-0.1, -0.05) is 84.3 Å². The highest BCUT2D eigenvalue weighted by Crippen LogP contribution is 2.30. The van der Waals surface area contributed by atoms with Gasteiger partial charge in [-0.05, 0) is 48.5 Å². The number of nitrogens with zero attached hydrogens (tertiary/aromatic N) is 4. The van der Waals surface area contributed by atoms with E-state index in [-0.39, 0.29) is 11.4 Å². The first kappa shape index (κ1) is 23.8. The second-order valence-electron chi connectivity index (χ2n) is 8.23. The molecule has 0 N–H and O–H groups in total. The third-order valence-corrected chi connectivity index (χ3v) is 5.67. The van der Waals surface area contributed by atoms with Crippen molar-refractivity contribution in [2.45, 2.75) is 0 Å². The maximum Gasteiger partial charge on any atom is 0.177 e. The van der Waals surface area contributed by atoms with Crippen molar-refractivity contribution in [3.63, 3.8) is 0 Å². The van der Waals surface area contributed by atoms with E-state index in [1.165, 1.54) is 0 Å². The number of aromatic nitrogens is 2. The van der Waals surface area contributed by atoms with Crippen molar-refractivity contribution in [2.75, 3.05) is 0 Å². The molecule has 174 valence electrons. The Morgan fingerprint density at radius 1 is 0.395 bits per heavy atom. The molecule has 5 rings (SSSR count). The zero-order chi connectivity index (χ0) is 26.2. The Kier molecular flexibility index (Phi) is 7.01. The average molecular weight is 483 g/mol. The van der Waals surface area contributed by atoms with Crippen LogP contribution in [0.15, 0.2) is 109 Å². The molecule has 0 amide bonds. The van der Waals surface area contributed by atoms with E-state index in [2.05, 4.69) is 33.6 Å². The quantitative estimate of drug-likeness (QED) is 0.275. The summed E-state index contributed by atoms with van der Waals surface area (Å²) in [5.74, 6) is 12.6. The zero-order valence-electron chi connectivity index (χ0n) is 20.2. The van der Waals surface area contributed by atoms with Crippen LogP contribution >= 0.6 is 0 Å². The highest BCUT2D eigenvalue weighted by atomic mass is 14.9. The number of benzene rings is 4. The van der Waals surface area contributed by atoms with E-state index in [4.69, 9.17) is 0 Å². The Bertz CT molecular complexity index is 1660. The number of nitriles is 2. The van der Waals surface area contributed by atoms with Crippen LogP contribution in [0.5, 0.6) is 0 Å². The first-order valence-electron chi connectivity index (χ1n) is 11.8. The Morgan fingerprint density at radius 2 is 0.711 bits per heavy atom. The van der Waals surface area contributed by atoms with E-state index in [1.807, 2.05) is 121 Å². The van der Waals surface area contributed by atoms with Gasteiger partial charge in [0.2, 0.25) is 0 Å². The molecule has 0 unspecified atom stereocenters. The minimum atomic E-state index is -0.00968. The molecular weight excluding hydrogens is 464 g/mol. The standard InChI is InChI=1S/C34H18N4/c35-23-31-32(24-36)38-34(30-21-17-28(18-22-30)14-12-26-9-5-2-6-10-26)33(37-31)29-19-15-27(16-20-29)13-11-25-7-3-1-4-8-25/h1-10,15-22H. The molecule has 0 radical (unpaired) electrons. The first-order chi connectivity index (χ1) is 18.7. The van der Waals surface area contributed by atoms with Crippen LogP contribution in [0.1, 0.15) is 33.6 Å². The monoisotopic (exact) mass is 482 g/mol. The van der Waals surface area contributed by atoms with Crippen LogP contribution in [-0.4, -0.2) is 9.97 Å². The smallest absolute Gasteiger partial charge is 0.177 e. The van der Waals surface area contributed by atoms with E-state index in [9.17, 15) is 10.5 Å². The molecule has 1 aromatic heterocycles. The van der Waals surface area contributed by atoms with Crippen molar-refractivity contribution in [2.24, 2.45) is 0 Å². The van der Waals surface area contributed by atoms with Gasteiger partial charge >= 0.3 is 0 Å². The van der Waals surface area contributed by atoms with Gasteiger partial charge in [0.05, 0.1) is 11.4 Å². The molecule has 0 bridgehead atoms. The van der Waals surface area contributed by atoms with Gasteiger partial charge < -0.3 is 0 Å². The Balaban J connectivity index is 1.50. The highest BCUT2D eigenvalue weighted by Gasteiger charge is 2.17. The molecule has 0 saturated heterocycles. The summed E-state index contributed by atoms with van der Waals surface area (Å²) in [7, 11) is 0. The van der Waals surface area contributed by atoms with E-state index in [1.54, 1.807) is 0 Å². The topological polar surface area (TPSA) is 73.4 Å². The van der Waals surface area contributed by atoms with Crippen LogP contribution in [-0.2, 0) is 0 Å². The zero-order valence-corrected chi connectivity index (χ0v) is 20.2. The molecule has 1 heterocycles. The molecule has 4 aromatic carbocycles. The molecule has 0 aliphatic heterocycles. The Morgan fingerprint density at radius 3 is 1.03 bits per heavy atom. The molecule has 0 atom stereocenters. The normalized spacial score (nSPS) is 9.63.